The zero-order valence-corrected chi connectivity index (χ0v) is 20.9. The van der Waals surface area contributed by atoms with Crippen LogP contribution in [0.5, 0.6) is 0 Å². The number of piperazine rings is 1. The summed E-state index contributed by atoms with van der Waals surface area (Å²) in [6, 6.07) is 12.6. The second-order valence-corrected chi connectivity index (χ2v) is 11.3. The smallest absolute Gasteiger partial charge is 0.400 e. The third-order valence-electron chi connectivity index (χ3n) is 6.10. The first kappa shape index (κ1) is 22.4. The van der Waals surface area contributed by atoms with Crippen molar-refractivity contribution in [3.8, 4) is 11.5 Å². The first-order valence-electron chi connectivity index (χ1n) is 10.9. The van der Waals surface area contributed by atoms with Crippen molar-refractivity contribution in [2.45, 2.75) is 31.3 Å². The van der Waals surface area contributed by atoms with Crippen molar-refractivity contribution < 1.29 is 12.8 Å². The molecule has 0 N–H and O–H groups in total. The van der Waals surface area contributed by atoms with Crippen molar-refractivity contribution in [2.75, 3.05) is 26.2 Å². The molecule has 2 aromatic carbocycles. The molecule has 0 amide bonds. The van der Waals surface area contributed by atoms with E-state index in [1.807, 2.05) is 6.07 Å². The predicted molar refractivity (Wildman–Crippen MR) is 128 cm³/mol. The van der Waals surface area contributed by atoms with Crippen LogP contribution in [0.1, 0.15) is 19.7 Å². The van der Waals surface area contributed by atoms with Crippen molar-refractivity contribution in [1.82, 2.24) is 24.0 Å². The highest BCUT2D eigenvalue weighted by Gasteiger charge is 2.34. The summed E-state index contributed by atoms with van der Waals surface area (Å²) in [4.78, 5) is 5.02. The maximum absolute atomic E-state index is 13.0. The van der Waals surface area contributed by atoms with Gasteiger partial charge in [-0.05, 0) is 32.0 Å². The summed E-state index contributed by atoms with van der Waals surface area (Å²) in [7, 11) is -3.68. The van der Waals surface area contributed by atoms with Gasteiger partial charge in [0.1, 0.15) is 10.1 Å². The van der Waals surface area contributed by atoms with Crippen LogP contribution in [-0.4, -0.2) is 60.6 Å². The number of benzene rings is 2. The molecule has 1 aromatic heterocycles. The van der Waals surface area contributed by atoms with Crippen molar-refractivity contribution >= 4 is 32.2 Å². The lowest BCUT2D eigenvalue weighted by atomic mass is 10.1. The van der Waals surface area contributed by atoms with Gasteiger partial charge in [-0.3, -0.25) is 9.80 Å². The Hall–Kier alpha value is -2.40. The van der Waals surface area contributed by atoms with Gasteiger partial charge in [-0.25, -0.2) is 0 Å². The molecule has 172 valence electrons. The number of sulfonamides is 1. The van der Waals surface area contributed by atoms with Crippen LogP contribution in [0.25, 0.3) is 17.7 Å². The van der Waals surface area contributed by atoms with Crippen LogP contribution >= 0.6 is 15.9 Å². The third-order valence-corrected chi connectivity index (χ3v) is 8.25. The minimum absolute atomic E-state index is 0.242. The molecule has 0 unspecified atom stereocenters. The number of rotatable bonds is 6. The maximum Gasteiger partial charge on any atom is 0.400 e. The van der Waals surface area contributed by atoms with Crippen molar-refractivity contribution in [3.05, 3.63) is 63.4 Å². The lowest BCUT2D eigenvalue weighted by Gasteiger charge is -2.36. The average molecular weight is 531 g/mol. The van der Waals surface area contributed by atoms with Crippen LogP contribution in [-0.2, 0) is 16.6 Å². The van der Waals surface area contributed by atoms with Crippen LogP contribution in [0, 0.1) is 0 Å². The fourth-order valence-corrected chi connectivity index (χ4v) is 6.01. The van der Waals surface area contributed by atoms with Gasteiger partial charge >= 0.3 is 10.0 Å². The first-order chi connectivity index (χ1) is 15.8. The van der Waals surface area contributed by atoms with Crippen LogP contribution in [0.15, 0.2) is 56.2 Å². The molecule has 10 heteroatoms. The molecular weight excluding hydrogens is 506 g/mol. The highest BCUT2D eigenvalue weighted by atomic mass is 79.9. The molecule has 0 atom stereocenters. The van der Waals surface area contributed by atoms with Crippen LogP contribution in [0.4, 0.5) is 0 Å². The lowest BCUT2D eigenvalue weighted by molar-refractivity contribution is 0.0979. The van der Waals surface area contributed by atoms with E-state index in [4.69, 9.17) is 4.42 Å². The van der Waals surface area contributed by atoms with Crippen LogP contribution in [0.3, 0.4) is 0 Å². The van der Waals surface area contributed by atoms with Gasteiger partial charge in [-0.15, -0.1) is 10.2 Å². The van der Waals surface area contributed by atoms with Crippen LogP contribution < -0.4 is 14.6 Å². The molecule has 2 aliphatic heterocycles. The van der Waals surface area contributed by atoms with Crippen molar-refractivity contribution in [2.24, 2.45) is 0 Å². The quantitative estimate of drug-likeness (QED) is 0.448. The Kier molecular flexibility index (Phi) is 5.94. The number of halogens is 1. The molecule has 0 spiro atoms. The molecule has 33 heavy (non-hydrogen) atoms. The summed E-state index contributed by atoms with van der Waals surface area (Å²) in [5.41, 5.74) is 0.710. The molecule has 3 aromatic rings. The molecular formula is C23H25BrN5O3S+. The van der Waals surface area contributed by atoms with Gasteiger partial charge in [-0.2, -0.15) is 8.42 Å². The van der Waals surface area contributed by atoms with E-state index in [0.29, 0.717) is 35.3 Å². The summed E-state index contributed by atoms with van der Waals surface area (Å²) < 4.78 is 34.1. The fraction of sp³-hybridized carbons (Fsp3) is 0.348. The van der Waals surface area contributed by atoms with E-state index in [0.717, 1.165) is 35.9 Å². The summed E-state index contributed by atoms with van der Waals surface area (Å²) in [5.74, 6) is 0.946. The van der Waals surface area contributed by atoms with Gasteiger partial charge in [0.25, 0.3) is 0 Å². The standard InChI is InChI=1S/C23H25BrN5O3S/c1-16(2)28-10-8-27(9-11-28)15-22-25-26-23(32-22)19-12-17(24)13-21-20(19)14-29(21)33(30,31)18-6-4-3-5-7-18/h3-7,12-14,16H,8-11,15H2,1-2H3/q+1. The van der Waals surface area contributed by atoms with Gasteiger partial charge in [0.05, 0.1) is 12.1 Å². The third kappa shape index (κ3) is 4.28. The van der Waals surface area contributed by atoms with Gasteiger partial charge < -0.3 is 4.42 Å². The monoisotopic (exact) mass is 530 g/mol. The first-order valence-corrected chi connectivity index (χ1v) is 13.1. The Bertz CT molecular complexity index is 1410. The zero-order chi connectivity index (χ0) is 23.2. The lowest BCUT2D eigenvalue weighted by Crippen LogP contribution is -2.50. The van der Waals surface area contributed by atoms with Gasteiger partial charge in [-0.1, -0.05) is 38.1 Å². The molecule has 1 fully saturated rings. The predicted octanol–water partition coefficient (Wildman–Crippen LogP) is 1.66. The minimum Gasteiger partial charge on any atom is -0.419 e. The van der Waals surface area contributed by atoms with Crippen molar-refractivity contribution in [3.63, 3.8) is 0 Å². The normalized spacial score (nSPS) is 17.0. The van der Waals surface area contributed by atoms with E-state index in [1.165, 1.54) is 3.98 Å². The molecule has 0 saturated carbocycles. The van der Waals surface area contributed by atoms with E-state index in [1.54, 1.807) is 42.6 Å². The highest BCUT2D eigenvalue weighted by molar-refractivity contribution is 9.10. The van der Waals surface area contributed by atoms with Gasteiger partial charge in [0.2, 0.25) is 23.3 Å². The van der Waals surface area contributed by atoms with Crippen LogP contribution in [0.2, 0.25) is 0 Å². The number of hydrogen-bond acceptors (Lipinski definition) is 7. The summed E-state index contributed by atoms with van der Waals surface area (Å²) >= 11 is 3.49. The van der Waals surface area contributed by atoms with E-state index in [9.17, 15) is 8.42 Å². The topological polar surface area (TPSA) is 82.5 Å². The Morgan fingerprint density at radius 3 is 2.52 bits per heavy atom. The SMILES string of the molecule is CC(C)N1CCN(Cc2nnc(-c3cc(Br)cc4c3=C[N+]=4S(=O)(=O)c3ccccc3)o2)CC1. The fourth-order valence-electron chi connectivity index (χ4n) is 4.18. The number of hydrogen-bond donors (Lipinski definition) is 0. The average Bonchev–Trinajstić information content (AvgIpc) is 3.25. The number of fused-ring (bicyclic) bond motifs is 1. The number of nitrogens with zero attached hydrogens (tertiary/aromatic N) is 5. The van der Waals surface area contributed by atoms with Gasteiger partial charge in [0.15, 0.2) is 0 Å². The molecule has 5 rings (SSSR count). The molecule has 0 aliphatic carbocycles. The maximum atomic E-state index is 13.0. The second-order valence-electron chi connectivity index (χ2n) is 8.54. The molecule has 8 nitrogen and oxygen atoms in total. The Balaban J connectivity index is 1.41. The molecule has 0 bridgehead atoms. The minimum atomic E-state index is -3.68. The van der Waals surface area contributed by atoms with E-state index in [2.05, 4.69) is 49.8 Å². The summed E-state index contributed by atoms with van der Waals surface area (Å²) in [5, 5.41) is 9.84. The summed E-state index contributed by atoms with van der Waals surface area (Å²) in [6.07, 6.45) is 1.61. The Morgan fingerprint density at radius 2 is 1.82 bits per heavy atom. The van der Waals surface area contributed by atoms with E-state index in [-0.39, 0.29) is 4.90 Å². The molecule has 3 heterocycles. The Labute approximate surface area is 201 Å². The largest absolute Gasteiger partial charge is 0.419 e. The van der Waals surface area contributed by atoms with E-state index < -0.39 is 10.0 Å². The Morgan fingerprint density at radius 1 is 1.09 bits per heavy atom. The zero-order valence-electron chi connectivity index (χ0n) is 18.5. The van der Waals surface area contributed by atoms with Crippen molar-refractivity contribution in [1.29, 1.82) is 0 Å². The molecule has 2 aliphatic rings. The number of aromatic nitrogens is 2. The van der Waals surface area contributed by atoms with E-state index >= 15 is 0 Å². The summed E-state index contributed by atoms with van der Waals surface area (Å²) in [6.45, 7) is 9.02. The molecule has 1 saturated heterocycles. The highest BCUT2D eigenvalue weighted by Crippen LogP contribution is 2.20. The molecule has 0 radical (unpaired) electrons. The second kappa shape index (κ2) is 8.75. The van der Waals surface area contributed by atoms with Gasteiger partial charge in [0, 0.05) is 42.8 Å².